The van der Waals surface area contributed by atoms with E-state index in [0.717, 1.165) is 67.0 Å². The van der Waals surface area contributed by atoms with E-state index in [1.165, 1.54) is 7.11 Å². The van der Waals surface area contributed by atoms with Crippen LogP contribution in [-0.4, -0.2) is 73.9 Å². The van der Waals surface area contributed by atoms with Crippen molar-refractivity contribution in [1.29, 1.82) is 0 Å². The van der Waals surface area contributed by atoms with Crippen molar-refractivity contribution in [3.05, 3.63) is 66.6 Å². The van der Waals surface area contributed by atoms with Gasteiger partial charge in [-0.1, -0.05) is 6.07 Å². The summed E-state index contributed by atoms with van der Waals surface area (Å²) in [5, 5.41) is 11.4. The number of methoxy groups -OCH3 is 1. The lowest BCUT2D eigenvalue weighted by Crippen LogP contribution is -2.54. The Morgan fingerprint density at radius 2 is 1.80 bits per heavy atom. The van der Waals surface area contributed by atoms with Crippen molar-refractivity contribution in [1.82, 2.24) is 20.3 Å². The summed E-state index contributed by atoms with van der Waals surface area (Å²) in [5.41, 5.74) is 2.46. The third kappa shape index (κ3) is 6.73. The highest BCUT2D eigenvalue weighted by molar-refractivity contribution is 7.92. The molecule has 238 valence electrons. The topological polar surface area (TPSA) is 147 Å². The second kappa shape index (κ2) is 12.0. The number of hydrogen-bond donors (Lipinski definition) is 3. The molecule has 0 atom stereocenters. The first-order valence-electron chi connectivity index (χ1n) is 13.2. The number of anilines is 2. The number of hydrogen-bond acceptors (Lipinski definition) is 9. The van der Waals surface area contributed by atoms with Gasteiger partial charge < -0.3 is 20.1 Å². The SMILES string of the molecule is COc1ncc(-c2ccc3ncnc(N4CCC5(CNC5)C4)c3c2)cc1NS(=O)(=O)c1ccc(F)cc1F.O=C(O)C(F)(F)F. The normalized spacial score (nSPS) is 15.7. The molecule has 2 aromatic carbocycles. The van der Waals surface area contributed by atoms with Gasteiger partial charge in [0.05, 0.1) is 12.6 Å². The van der Waals surface area contributed by atoms with Crippen molar-refractivity contribution in [3.63, 3.8) is 0 Å². The largest absolute Gasteiger partial charge is 0.490 e. The van der Waals surface area contributed by atoms with Crippen molar-refractivity contribution in [3.8, 4) is 17.0 Å². The number of carboxylic acids is 1. The Kier molecular flexibility index (Phi) is 8.50. The fourth-order valence-corrected chi connectivity index (χ4v) is 6.20. The van der Waals surface area contributed by atoms with Crippen LogP contribution in [0.5, 0.6) is 5.88 Å². The molecule has 0 unspecified atom stereocenters. The molecule has 4 aromatic rings. The zero-order chi connectivity index (χ0) is 32.6. The number of halogens is 5. The molecule has 2 aliphatic rings. The highest BCUT2D eigenvalue weighted by Crippen LogP contribution is 2.39. The van der Waals surface area contributed by atoms with Gasteiger partial charge in [0.2, 0.25) is 5.88 Å². The monoisotopic (exact) mass is 652 g/mol. The Hall–Kier alpha value is -4.64. The Labute approximate surface area is 253 Å². The summed E-state index contributed by atoms with van der Waals surface area (Å²) in [5.74, 6) is -3.98. The standard InChI is InChI=1S/C26H24F2N6O3S.C2HF3O2/c1-37-25-22(33-38(35,36)23-5-3-18(27)10-20(23)28)9-17(11-30-25)16-2-4-21-19(8-16)24(32-15-31-21)34-7-6-26(14-34)12-29-13-26;3-2(4,5)1(6)7/h2-5,8-11,15,29,33H,6-7,12-14H2,1H3;(H,6,7). The van der Waals surface area contributed by atoms with E-state index in [0.29, 0.717) is 17.0 Å². The molecule has 4 heterocycles. The van der Waals surface area contributed by atoms with E-state index < -0.39 is 38.7 Å². The molecule has 2 fully saturated rings. The van der Waals surface area contributed by atoms with Crippen LogP contribution in [0.15, 0.2) is 59.9 Å². The molecule has 17 heteroatoms. The summed E-state index contributed by atoms with van der Waals surface area (Å²) in [7, 11) is -3.05. The zero-order valence-electron chi connectivity index (χ0n) is 23.4. The summed E-state index contributed by atoms with van der Waals surface area (Å²) in [6.45, 7) is 3.85. The summed E-state index contributed by atoms with van der Waals surface area (Å²) < 4.78 is 92.7. The maximum Gasteiger partial charge on any atom is 0.490 e. The number of sulfonamides is 1. The molecule has 0 radical (unpaired) electrons. The smallest absolute Gasteiger partial charge is 0.480 e. The van der Waals surface area contributed by atoms with E-state index in [1.807, 2.05) is 18.2 Å². The van der Waals surface area contributed by atoms with E-state index in [9.17, 15) is 30.4 Å². The molecule has 0 saturated carbocycles. The van der Waals surface area contributed by atoms with Gasteiger partial charge in [0.25, 0.3) is 10.0 Å². The lowest BCUT2D eigenvalue weighted by molar-refractivity contribution is -0.192. The number of fused-ring (bicyclic) bond motifs is 1. The van der Waals surface area contributed by atoms with E-state index >= 15 is 0 Å². The number of aliphatic carboxylic acids is 1. The third-order valence-electron chi connectivity index (χ3n) is 7.40. The first-order chi connectivity index (χ1) is 21.2. The quantitative estimate of drug-likeness (QED) is 0.259. The Bertz CT molecular complexity index is 1870. The van der Waals surface area contributed by atoms with Gasteiger partial charge in [-0.3, -0.25) is 4.72 Å². The van der Waals surface area contributed by atoms with Gasteiger partial charge in [-0.05, 0) is 42.3 Å². The van der Waals surface area contributed by atoms with E-state index in [4.69, 9.17) is 14.6 Å². The Morgan fingerprint density at radius 1 is 1.07 bits per heavy atom. The minimum atomic E-state index is -5.08. The van der Waals surface area contributed by atoms with Crippen LogP contribution in [0.2, 0.25) is 0 Å². The van der Waals surface area contributed by atoms with Crippen LogP contribution >= 0.6 is 0 Å². The van der Waals surface area contributed by atoms with Crippen molar-refractivity contribution in [2.24, 2.45) is 5.41 Å². The highest BCUT2D eigenvalue weighted by Gasteiger charge is 2.43. The van der Waals surface area contributed by atoms with Crippen molar-refractivity contribution in [2.75, 3.05) is 42.9 Å². The maximum absolute atomic E-state index is 14.2. The predicted molar refractivity (Wildman–Crippen MR) is 152 cm³/mol. The van der Waals surface area contributed by atoms with Crippen LogP contribution in [0.1, 0.15) is 6.42 Å². The molecule has 1 spiro atoms. The number of rotatable bonds is 6. The molecule has 45 heavy (non-hydrogen) atoms. The van der Waals surface area contributed by atoms with E-state index in [1.54, 1.807) is 18.6 Å². The van der Waals surface area contributed by atoms with E-state index in [2.05, 4.69) is 29.9 Å². The van der Waals surface area contributed by atoms with Crippen LogP contribution in [0.3, 0.4) is 0 Å². The van der Waals surface area contributed by atoms with Crippen molar-refractivity contribution < 1.29 is 45.0 Å². The number of nitrogens with zero attached hydrogens (tertiary/aromatic N) is 4. The van der Waals surface area contributed by atoms with Crippen LogP contribution in [0.4, 0.5) is 33.5 Å². The fourth-order valence-electron chi connectivity index (χ4n) is 5.10. The molecule has 0 bridgehead atoms. The van der Waals surface area contributed by atoms with Crippen LogP contribution in [-0.2, 0) is 14.8 Å². The Morgan fingerprint density at radius 3 is 2.40 bits per heavy atom. The fraction of sp³-hybridized carbons (Fsp3) is 0.286. The first-order valence-corrected chi connectivity index (χ1v) is 14.7. The molecule has 6 rings (SSSR count). The molecule has 2 saturated heterocycles. The van der Waals surface area contributed by atoms with Crippen LogP contribution in [0, 0.1) is 17.0 Å². The van der Waals surface area contributed by atoms with Crippen LogP contribution < -0.4 is 19.7 Å². The molecule has 0 amide bonds. The Balaban J connectivity index is 0.000000515. The van der Waals surface area contributed by atoms with Gasteiger partial charge in [-0.2, -0.15) is 13.2 Å². The minimum absolute atomic E-state index is 0.00105. The summed E-state index contributed by atoms with van der Waals surface area (Å²) in [4.78, 5) is 23.8. The average molecular weight is 653 g/mol. The number of alkyl halides is 3. The number of benzene rings is 2. The lowest BCUT2D eigenvalue weighted by atomic mass is 9.81. The second-order valence-corrected chi connectivity index (χ2v) is 12.1. The van der Waals surface area contributed by atoms with Gasteiger partial charge in [0.1, 0.15) is 34.4 Å². The molecule has 0 aliphatic carbocycles. The summed E-state index contributed by atoms with van der Waals surface area (Å²) >= 11 is 0. The number of ether oxygens (including phenoxy) is 1. The van der Waals surface area contributed by atoms with E-state index in [-0.39, 0.29) is 11.6 Å². The lowest BCUT2D eigenvalue weighted by Gasteiger charge is -2.39. The molecular weight excluding hydrogens is 627 g/mol. The van der Waals surface area contributed by atoms with Crippen molar-refractivity contribution >= 4 is 38.4 Å². The highest BCUT2D eigenvalue weighted by atomic mass is 32.2. The molecular formula is C28H25F5N6O5S. The van der Waals surface area contributed by atoms with Gasteiger partial charge >= 0.3 is 12.1 Å². The number of nitrogens with one attached hydrogen (secondary N) is 2. The van der Waals surface area contributed by atoms with Crippen molar-refractivity contribution in [2.45, 2.75) is 17.5 Å². The number of carbonyl (C=O) groups is 1. The van der Waals surface area contributed by atoms with Gasteiger partial charge in [0, 0.05) is 54.8 Å². The molecule has 11 nitrogen and oxygen atoms in total. The maximum atomic E-state index is 14.2. The zero-order valence-corrected chi connectivity index (χ0v) is 24.2. The molecule has 2 aromatic heterocycles. The van der Waals surface area contributed by atoms with Crippen LogP contribution in [0.25, 0.3) is 22.0 Å². The number of aromatic nitrogens is 3. The number of pyridine rings is 1. The predicted octanol–water partition coefficient (Wildman–Crippen LogP) is 4.21. The second-order valence-electron chi connectivity index (χ2n) is 10.5. The minimum Gasteiger partial charge on any atom is -0.480 e. The van der Waals surface area contributed by atoms with Gasteiger partial charge in [-0.15, -0.1) is 0 Å². The summed E-state index contributed by atoms with van der Waals surface area (Å²) in [6.07, 6.45) is -0.853. The molecule has 3 N–H and O–H groups in total. The summed E-state index contributed by atoms with van der Waals surface area (Å²) in [6, 6.07) is 9.51. The molecule has 2 aliphatic heterocycles. The number of carboxylic acid groups (broad SMARTS) is 1. The van der Waals surface area contributed by atoms with Gasteiger partial charge in [0.15, 0.2) is 0 Å². The third-order valence-corrected chi connectivity index (χ3v) is 8.80. The van der Waals surface area contributed by atoms with Gasteiger partial charge in [-0.25, -0.2) is 36.9 Å². The average Bonchev–Trinajstić information content (AvgIpc) is 3.43. The first kappa shape index (κ1) is 31.8.